The van der Waals surface area contributed by atoms with E-state index in [9.17, 15) is 4.79 Å². The number of hydrogen-bond donors (Lipinski definition) is 2. The summed E-state index contributed by atoms with van der Waals surface area (Å²) in [5, 5.41) is 9.72. The van der Waals surface area contributed by atoms with Gasteiger partial charge in [0.25, 0.3) is 5.91 Å². The Morgan fingerprint density at radius 1 is 1.28 bits per heavy atom. The van der Waals surface area contributed by atoms with Crippen LogP contribution < -0.4 is 5.32 Å². The summed E-state index contributed by atoms with van der Waals surface area (Å²) in [6.45, 7) is 5.74. The van der Waals surface area contributed by atoms with Gasteiger partial charge in [0.15, 0.2) is 5.82 Å². The van der Waals surface area contributed by atoms with Crippen molar-refractivity contribution in [2.24, 2.45) is 0 Å². The summed E-state index contributed by atoms with van der Waals surface area (Å²) in [4.78, 5) is 12.2. The molecule has 0 aliphatic carbocycles. The molecule has 0 aliphatic heterocycles. The van der Waals surface area contributed by atoms with Gasteiger partial charge in [-0.3, -0.25) is 9.89 Å². The number of nitrogens with zero attached hydrogens (tertiary/aromatic N) is 1. The SMILES string of the molecule is Cc1[nH]nc(NC(=O)c2cccc(Br)c2C)c1C. The number of nitrogens with one attached hydrogen (secondary N) is 2. The molecule has 1 aromatic carbocycles. The number of amides is 1. The van der Waals surface area contributed by atoms with Gasteiger partial charge in [-0.1, -0.05) is 22.0 Å². The van der Waals surface area contributed by atoms with E-state index in [0.29, 0.717) is 11.4 Å². The third-order valence-corrected chi connectivity index (χ3v) is 3.86. The number of hydrogen-bond acceptors (Lipinski definition) is 2. The van der Waals surface area contributed by atoms with Crippen molar-refractivity contribution < 1.29 is 4.79 Å². The lowest BCUT2D eigenvalue weighted by atomic mass is 10.1. The molecular weight excluding hydrogens is 294 g/mol. The molecule has 1 aromatic heterocycles. The van der Waals surface area contributed by atoms with E-state index in [1.54, 1.807) is 6.07 Å². The van der Waals surface area contributed by atoms with Gasteiger partial charge >= 0.3 is 0 Å². The summed E-state index contributed by atoms with van der Waals surface area (Å²) in [6.07, 6.45) is 0. The van der Waals surface area contributed by atoms with E-state index in [1.807, 2.05) is 32.9 Å². The van der Waals surface area contributed by atoms with Crippen LogP contribution in [0.2, 0.25) is 0 Å². The van der Waals surface area contributed by atoms with Gasteiger partial charge in [-0.15, -0.1) is 0 Å². The molecule has 0 fully saturated rings. The van der Waals surface area contributed by atoms with Crippen molar-refractivity contribution in [2.75, 3.05) is 5.32 Å². The number of benzene rings is 1. The Balaban J connectivity index is 2.28. The molecule has 1 heterocycles. The maximum atomic E-state index is 12.2. The highest BCUT2D eigenvalue weighted by Crippen LogP contribution is 2.21. The average molecular weight is 308 g/mol. The number of aryl methyl sites for hydroxylation is 1. The van der Waals surface area contributed by atoms with Crippen LogP contribution in [0.15, 0.2) is 22.7 Å². The predicted octanol–water partition coefficient (Wildman–Crippen LogP) is 3.35. The van der Waals surface area contributed by atoms with Crippen molar-refractivity contribution in [2.45, 2.75) is 20.8 Å². The predicted molar refractivity (Wildman–Crippen MR) is 74.9 cm³/mol. The van der Waals surface area contributed by atoms with Crippen molar-refractivity contribution >= 4 is 27.7 Å². The van der Waals surface area contributed by atoms with Crippen molar-refractivity contribution in [1.82, 2.24) is 10.2 Å². The number of rotatable bonds is 2. The average Bonchev–Trinajstić information content (AvgIpc) is 2.64. The summed E-state index contributed by atoms with van der Waals surface area (Å²) in [5.41, 5.74) is 3.47. The standard InChI is InChI=1S/C13H14BrN3O/c1-7-9(3)16-17-12(7)15-13(18)10-5-4-6-11(14)8(10)2/h4-6H,1-3H3,(H2,15,16,17,18). The maximum Gasteiger partial charge on any atom is 0.257 e. The fourth-order valence-electron chi connectivity index (χ4n) is 1.64. The first kappa shape index (κ1) is 12.8. The Morgan fingerprint density at radius 3 is 2.61 bits per heavy atom. The van der Waals surface area contributed by atoms with Gasteiger partial charge in [-0.2, -0.15) is 5.10 Å². The largest absolute Gasteiger partial charge is 0.305 e. The van der Waals surface area contributed by atoms with Crippen LogP contribution in [0.5, 0.6) is 0 Å². The molecule has 0 spiro atoms. The smallest absolute Gasteiger partial charge is 0.257 e. The van der Waals surface area contributed by atoms with E-state index in [4.69, 9.17) is 0 Å². The summed E-state index contributed by atoms with van der Waals surface area (Å²) >= 11 is 3.42. The van der Waals surface area contributed by atoms with Crippen LogP contribution in [0.1, 0.15) is 27.2 Å². The normalized spacial score (nSPS) is 10.4. The molecule has 0 unspecified atom stereocenters. The summed E-state index contributed by atoms with van der Waals surface area (Å²) in [6, 6.07) is 5.55. The molecule has 2 rings (SSSR count). The maximum absolute atomic E-state index is 12.2. The molecule has 18 heavy (non-hydrogen) atoms. The quantitative estimate of drug-likeness (QED) is 0.894. The summed E-state index contributed by atoms with van der Waals surface area (Å²) < 4.78 is 0.921. The monoisotopic (exact) mass is 307 g/mol. The molecule has 4 nitrogen and oxygen atoms in total. The van der Waals surface area contributed by atoms with E-state index >= 15 is 0 Å². The number of halogens is 1. The molecule has 0 bridgehead atoms. The lowest BCUT2D eigenvalue weighted by Gasteiger charge is -2.07. The molecule has 0 saturated carbocycles. The molecular formula is C13H14BrN3O. The van der Waals surface area contributed by atoms with Gasteiger partial charge in [0.1, 0.15) is 0 Å². The van der Waals surface area contributed by atoms with Crippen LogP contribution >= 0.6 is 15.9 Å². The minimum Gasteiger partial charge on any atom is -0.305 e. The van der Waals surface area contributed by atoms with Crippen LogP contribution in [0.3, 0.4) is 0 Å². The zero-order valence-electron chi connectivity index (χ0n) is 10.5. The van der Waals surface area contributed by atoms with Crippen LogP contribution in [-0.4, -0.2) is 16.1 Å². The van der Waals surface area contributed by atoms with E-state index in [2.05, 4.69) is 31.4 Å². The molecule has 2 N–H and O–H groups in total. The number of aromatic nitrogens is 2. The Bertz CT molecular complexity index is 604. The first-order valence-electron chi connectivity index (χ1n) is 5.58. The van der Waals surface area contributed by atoms with Crippen LogP contribution in [-0.2, 0) is 0 Å². The first-order valence-corrected chi connectivity index (χ1v) is 6.38. The molecule has 2 aromatic rings. The highest BCUT2D eigenvalue weighted by atomic mass is 79.9. The van der Waals surface area contributed by atoms with Crippen molar-refractivity contribution in [3.8, 4) is 0 Å². The zero-order valence-corrected chi connectivity index (χ0v) is 12.1. The Hall–Kier alpha value is -1.62. The van der Waals surface area contributed by atoms with Crippen LogP contribution in [0, 0.1) is 20.8 Å². The first-order chi connectivity index (χ1) is 8.50. The minimum absolute atomic E-state index is 0.150. The van der Waals surface area contributed by atoms with E-state index in [0.717, 1.165) is 21.3 Å². The molecule has 5 heteroatoms. The molecule has 1 amide bonds. The van der Waals surface area contributed by atoms with Gasteiger partial charge in [0.05, 0.1) is 0 Å². The Kier molecular flexibility index (Phi) is 3.52. The van der Waals surface area contributed by atoms with Gasteiger partial charge in [0.2, 0.25) is 0 Å². The third kappa shape index (κ3) is 2.31. The number of carbonyl (C=O) groups excluding carboxylic acids is 1. The molecule has 0 radical (unpaired) electrons. The lowest BCUT2D eigenvalue weighted by Crippen LogP contribution is -2.14. The molecule has 0 saturated heterocycles. The Labute approximate surface area is 114 Å². The summed E-state index contributed by atoms with van der Waals surface area (Å²) in [7, 11) is 0. The van der Waals surface area contributed by atoms with Crippen molar-refractivity contribution in [3.63, 3.8) is 0 Å². The molecule has 0 atom stereocenters. The fourth-order valence-corrected chi connectivity index (χ4v) is 2.00. The minimum atomic E-state index is -0.150. The van der Waals surface area contributed by atoms with E-state index in [1.165, 1.54) is 0 Å². The van der Waals surface area contributed by atoms with Gasteiger partial charge in [-0.05, 0) is 38.5 Å². The van der Waals surface area contributed by atoms with Gasteiger partial charge < -0.3 is 5.32 Å². The summed E-state index contributed by atoms with van der Waals surface area (Å²) in [5.74, 6) is 0.431. The molecule has 94 valence electrons. The fraction of sp³-hybridized carbons (Fsp3) is 0.231. The molecule has 0 aliphatic rings. The number of anilines is 1. The zero-order chi connectivity index (χ0) is 13.3. The van der Waals surface area contributed by atoms with Crippen molar-refractivity contribution in [1.29, 1.82) is 0 Å². The highest BCUT2D eigenvalue weighted by molar-refractivity contribution is 9.10. The second kappa shape index (κ2) is 4.94. The van der Waals surface area contributed by atoms with Gasteiger partial charge in [-0.25, -0.2) is 0 Å². The second-order valence-electron chi connectivity index (χ2n) is 4.19. The topological polar surface area (TPSA) is 57.8 Å². The highest BCUT2D eigenvalue weighted by Gasteiger charge is 2.14. The number of H-pyrrole nitrogens is 1. The van der Waals surface area contributed by atoms with Crippen LogP contribution in [0.4, 0.5) is 5.82 Å². The van der Waals surface area contributed by atoms with E-state index in [-0.39, 0.29) is 5.91 Å². The lowest BCUT2D eigenvalue weighted by molar-refractivity contribution is 0.102. The number of carbonyl (C=O) groups is 1. The Morgan fingerprint density at radius 2 is 2.00 bits per heavy atom. The van der Waals surface area contributed by atoms with E-state index < -0.39 is 0 Å². The van der Waals surface area contributed by atoms with Crippen molar-refractivity contribution in [3.05, 3.63) is 45.1 Å². The third-order valence-electron chi connectivity index (χ3n) is 3.00. The van der Waals surface area contributed by atoms with Gasteiger partial charge in [0, 0.05) is 21.3 Å². The second-order valence-corrected chi connectivity index (χ2v) is 5.04. The number of aromatic amines is 1. The van der Waals surface area contributed by atoms with Crippen LogP contribution in [0.25, 0.3) is 0 Å².